The summed E-state index contributed by atoms with van der Waals surface area (Å²) in [6.45, 7) is -0.215. The zero-order chi connectivity index (χ0) is 21.2. The van der Waals surface area contributed by atoms with Crippen LogP contribution in [0.25, 0.3) is 0 Å². The number of para-hydroxylation sites is 1. The number of methoxy groups -OCH3 is 2. The maximum absolute atomic E-state index is 13.9. The molecule has 2 heterocycles. The van der Waals surface area contributed by atoms with E-state index >= 15 is 0 Å². The molecule has 0 saturated carbocycles. The largest absolute Gasteiger partial charge is 0.486 e. The smallest absolute Gasteiger partial charge is 0.349 e. The molecule has 0 radical (unpaired) electrons. The second kappa shape index (κ2) is 8.47. The SMILES string of the molecule is COC(=O)c1sccc1S(=O)(=O)N1C[C@H](Oc2ccccc2F)C[C@@H]1C(=O)OC. The summed E-state index contributed by atoms with van der Waals surface area (Å²) in [5.74, 6) is -2.23. The van der Waals surface area contributed by atoms with E-state index in [-0.39, 0.29) is 28.5 Å². The molecule has 1 saturated heterocycles. The van der Waals surface area contributed by atoms with Crippen molar-refractivity contribution in [1.82, 2.24) is 4.31 Å². The number of carbonyl (C=O) groups excluding carboxylic acids is 2. The highest BCUT2D eigenvalue weighted by Gasteiger charge is 2.47. The molecule has 0 N–H and O–H groups in total. The normalized spacial score (nSPS) is 19.7. The molecule has 156 valence electrons. The molecule has 29 heavy (non-hydrogen) atoms. The lowest BCUT2D eigenvalue weighted by Crippen LogP contribution is -2.41. The maximum Gasteiger partial charge on any atom is 0.349 e. The summed E-state index contributed by atoms with van der Waals surface area (Å²) in [5.41, 5.74) is 0. The third kappa shape index (κ3) is 4.11. The van der Waals surface area contributed by atoms with E-state index in [2.05, 4.69) is 4.74 Å². The van der Waals surface area contributed by atoms with Crippen molar-refractivity contribution in [3.63, 3.8) is 0 Å². The molecule has 2 atom stereocenters. The lowest BCUT2D eigenvalue weighted by atomic mass is 10.2. The Morgan fingerprint density at radius 1 is 1.17 bits per heavy atom. The number of hydrogen-bond acceptors (Lipinski definition) is 8. The zero-order valence-corrected chi connectivity index (χ0v) is 17.2. The number of sulfonamides is 1. The number of rotatable bonds is 6. The van der Waals surface area contributed by atoms with Crippen molar-refractivity contribution in [2.45, 2.75) is 23.5 Å². The van der Waals surface area contributed by atoms with Gasteiger partial charge in [-0.1, -0.05) is 12.1 Å². The van der Waals surface area contributed by atoms with E-state index in [0.29, 0.717) is 0 Å². The van der Waals surface area contributed by atoms with Crippen molar-refractivity contribution >= 4 is 33.3 Å². The summed E-state index contributed by atoms with van der Waals surface area (Å²) in [4.78, 5) is 23.8. The van der Waals surface area contributed by atoms with Crippen LogP contribution in [0.5, 0.6) is 5.75 Å². The summed E-state index contributed by atoms with van der Waals surface area (Å²) in [6.07, 6.45) is -0.816. The molecule has 1 fully saturated rings. The number of carbonyl (C=O) groups is 2. The second-order valence-electron chi connectivity index (χ2n) is 6.13. The van der Waals surface area contributed by atoms with E-state index in [1.54, 1.807) is 6.07 Å². The van der Waals surface area contributed by atoms with Gasteiger partial charge in [0.1, 0.15) is 21.9 Å². The van der Waals surface area contributed by atoms with Crippen molar-refractivity contribution in [3.05, 3.63) is 46.4 Å². The molecule has 11 heteroatoms. The summed E-state index contributed by atoms with van der Waals surface area (Å²) in [7, 11) is -1.97. The molecule has 0 aliphatic carbocycles. The highest BCUT2D eigenvalue weighted by molar-refractivity contribution is 7.89. The third-order valence-electron chi connectivity index (χ3n) is 4.41. The standard InChI is InChI=1S/C18H18FNO7S2/c1-25-17(21)13-9-11(27-14-6-4-3-5-12(14)19)10-20(13)29(23,24)15-7-8-28-16(15)18(22)26-2/h3-8,11,13H,9-10H2,1-2H3/t11-,13-/m1/s1. The molecule has 1 aromatic heterocycles. The van der Waals surface area contributed by atoms with Crippen LogP contribution in [-0.4, -0.2) is 57.6 Å². The van der Waals surface area contributed by atoms with Gasteiger partial charge >= 0.3 is 11.9 Å². The Morgan fingerprint density at radius 3 is 2.55 bits per heavy atom. The van der Waals surface area contributed by atoms with Crippen LogP contribution < -0.4 is 4.74 Å². The fourth-order valence-electron chi connectivity index (χ4n) is 3.06. The van der Waals surface area contributed by atoms with Crippen LogP contribution >= 0.6 is 11.3 Å². The first kappa shape index (κ1) is 21.2. The summed E-state index contributed by atoms with van der Waals surface area (Å²) in [6, 6.07) is 5.79. The summed E-state index contributed by atoms with van der Waals surface area (Å²) in [5, 5.41) is 1.44. The topological polar surface area (TPSA) is 99.2 Å². The average molecular weight is 443 g/mol. The quantitative estimate of drug-likeness (QED) is 0.630. The van der Waals surface area contributed by atoms with Crippen LogP contribution in [0.2, 0.25) is 0 Å². The molecule has 2 aromatic rings. The minimum Gasteiger partial charge on any atom is -0.486 e. The van der Waals surface area contributed by atoms with E-state index in [9.17, 15) is 22.4 Å². The van der Waals surface area contributed by atoms with Gasteiger partial charge in [0.15, 0.2) is 11.6 Å². The van der Waals surface area contributed by atoms with Crippen LogP contribution in [0.1, 0.15) is 16.1 Å². The Kier molecular flexibility index (Phi) is 6.20. The molecule has 8 nitrogen and oxygen atoms in total. The Hall–Kier alpha value is -2.50. The Bertz CT molecular complexity index is 1020. The molecular formula is C18H18FNO7S2. The minimum absolute atomic E-state index is 0.0298. The number of halogens is 1. The predicted molar refractivity (Wildman–Crippen MR) is 101 cm³/mol. The van der Waals surface area contributed by atoms with Crippen LogP contribution in [0.15, 0.2) is 40.6 Å². The summed E-state index contributed by atoms with van der Waals surface area (Å²) < 4.78 is 56.2. The number of ether oxygens (including phenoxy) is 3. The zero-order valence-electron chi connectivity index (χ0n) is 15.5. The van der Waals surface area contributed by atoms with Gasteiger partial charge in [-0.15, -0.1) is 11.3 Å². The molecule has 0 bridgehead atoms. The van der Waals surface area contributed by atoms with Gasteiger partial charge in [0.25, 0.3) is 0 Å². The van der Waals surface area contributed by atoms with Gasteiger partial charge in [-0.05, 0) is 23.6 Å². The van der Waals surface area contributed by atoms with Gasteiger partial charge in [-0.25, -0.2) is 17.6 Å². The molecule has 1 aromatic carbocycles. The maximum atomic E-state index is 13.9. The predicted octanol–water partition coefficient (Wildman–Crippen LogP) is 2.06. The van der Waals surface area contributed by atoms with E-state index in [0.717, 1.165) is 29.9 Å². The van der Waals surface area contributed by atoms with Gasteiger partial charge in [0.2, 0.25) is 10.0 Å². The van der Waals surface area contributed by atoms with Crippen molar-refractivity contribution in [2.24, 2.45) is 0 Å². The molecule has 0 unspecified atom stereocenters. The average Bonchev–Trinajstić information content (AvgIpc) is 3.36. The van der Waals surface area contributed by atoms with E-state index in [4.69, 9.17) is 9.47 Å². The Balaban J connectivity index is 1.93. The van der Waals surface area contributed by atoms with Crippen molar-refractivity contribution in [1.29, 1.82) is 0 Å². The number of thiophene rings is 1. The second-order valence-corrected chi connectivity index (χ2v) is 8.90. The van der Waals surface area contributed by atoms with Gasteiger partial charge in [-0.3, -0.25) is 4.79 Å². The third-order valence-corrected chi connectivity index (χ3v) is 7.35. The van der Waals surface area contributed by atoms with Crippen molar-refractivity contribution in [3.8, 4) is 5.75 Å². The molecule has 0 spiro atoms. The van der Waals surface area contributed by atoms with E-state index in [1.807, 2.05) is 0 Å². The number of esters is 2. The van der Waals surface area contributed by atoms with Crippen molar-refractivity contribution < 1.29 is 36.6 Å². The van der Waals surface area contributed by atoms with Crippen LogP contribution in [0, 0.1) is 5.82 Å². The van der Waals surface area contributed by atoms with Crippen LogP contribution in [-0.2, 0) is 24.3 Å². The summed E-state index contributed by atoms with van der Waals surface area (Å²) >= 11 is 0.911. The lowest BCUT2D eigenvalue weighted by molar-refractivity contribution is -0.144. The Morgan fingerprint density at radius 2 is 1.90 bits per heavy atom. The fourth-order valence-corrected chi connectivity index (χ4v) is 5.99. The number of benzene rings is 1. The molecule has 0 amide bonds. The molecule has 1 aliphatic rings. The van der Waals surface area contributed by atoms with Crippen LogP contribution in [0.3, 0.4) is 0 Å². The fraction of sp³-hybridized carbons (Fsp3) is 0.333. The van der Waals surface area contributed by atoms with E-state index in [1.165, 1.54) is 29.6 Å². The first-order valence-corrected chi connectivity index (χ1v) is 10.8. The van der Waals surface area contributed by atoms with Gasteiger partial charge in [-0.2, -0.15) is 4.31 Å². The van der Waals surface area contributed by atoms with Gasteiger partial charge < -0.3 is 14.2 Å². The van der Waals surface area contributed by atoms with Gasteiger partial charge in [0, 0.05) is 6.42 Å². The first-order chi connectivity index (χ1) is 13.8. The highest BCUT2D eigenvalue weighted by Crippen LogP contribution is 2.33. The monoisotopic (exact) mass is 443 g/mol. The number of nitrogens with zero attached hydrogens (tertiary/aromatic N) is 1. The highest BCUT2D eigenvalue weighted by atomic mass is 32.2. The molecule has 3 rings (SSSR count). The van der Waals surface area contributed by atoms with Crippen LogP contribution in [0.4, 0.5) is 4.39 Å². The number of hydrogen-bond donors (Lipinski definition) is 0. The van der Waals surface area contributed by atoms with Crippen molar-refractivity contribution in [2.75, 3.05) is 20.8 Å². The first-order valence-electron chi connectivity index (χ1n) is 8.46. The molecular weight excluding hydrogens is 425 g/mol. The molecule has 1 aliphatic heterocycles. The van der Waals surface area contributed by atoms with E-state index < -0.39 is 39.9 Å². The minimum atomic E-state index is -4.25. The lowest BCUT2D eigenvalue weighted by Gasteiger charge is -2.21. The van der Waals surface area contributed by atoms with Gasteiger partial charge in [0.05, 0.1) is 20.8 Å². The Labute approximate surface area is 170 Å².